The van der Waals surface area contributed by atoms with E-state index in [0.717, 1.165) is 36.8 Å². The van der Waals surface area contributed by atoms with E-state index in [1.807, 2.05) is 18.2 Å². The molecule has 0 aliphatic carbocycles. The van der Waals surface area contributed by atoms with E-state index in [9.17, 15) is 9.00 Å². The quantitative estimate of drug-likeness (QED) is 0.846. The third-order valence-corrected chi connectivity index (χ3v) is 5.49. The molecule has 0 spiro atoms. The molecular weight excluding hydrogens is 310 g/mol. The Kier molecular flexibility index (Phi) is 4.52. The van der Waals surface area contributed by atoms with Gasteiger partial charge < -0.3 is 9.88 Å². The van der Waals surface area contributed by atoms with E-state index in [1.54, 1.807) is 17.2 Å². The maximum atomic E-state index is 12.6. The van der Waals surface area contributed by atoms with Crippen molar-refractivity contribution in [2.75, 3.05) is 13.1 Å². The number of carbonyl (C=O) groups is 1. The second-order valence-corrected chi connectivity index (χ2v) is 7.20. The van der Waals surface area contributed by atoms with Gasteiger partial charge in [0.05, 0.1) is 4.90 Å². The van der Waals surface area contributed by atoms with E-state index in [-0.39, 0.29) is 11.6 Å². The maximum Gasteiger partial charge on any atom is 0.270 e. The van der Waals surface area contributed by atoms with Crippen molar-refractivity contribution in [2.24, 2.45) is 5.92 Å². The summed E-state index contributed by atoms with van der Waals surface area (Å²) in [6, 6.07) is 7.43. The van der Waals surface area contributed by atoms with Gasteiger partial charge in [-0.1, -0.05) is 19.6 Å². The molecule has 6 heteroatoms. The molecule has 1 amide bonds. The van der Waals surface area contributed by atoms with Crippen molar-refractivity contribution in [2.45, 2.75) is 24.7 Å². The maximum absolute atomic E-state index is 12.6. The Morgan fingerprint density at radius 3 is 2.83 bits per heavy atom. The number of aromatic nitrogens is 1. The molecule has 1 aromatic heterocycles. The van der Waals surface area contributed by atoms with Crippen LogP contribution in [0.2, 0.25) is 0 Å². The van der Waals surface area contributed by atoms with Crippen LogP contribution in [0.1, 0.15) is 19.8 Å². The lowest BCUT2D eigenvalue weighted by atomic mass is 9.99. The van der Waals surface area contributed by atoms with Gasteiger partial charge in [0.2, 0.25) is 0 Å². The summed E-state index contributed by atoms with van der Waals surface area (Å²) >= 11 is 0. The van der Waals surface area contributed by atoms with Gasteiger partial charge in [0.25, 0.3) is 5.91 Å². The predicted octanol–water partition coefficient (Wildman–Crippen LogP) is 2.55. The third kappa shape index (κ3) is 3.32. The summed E-state index contributed by atoms with van der Waals surface area (Å²) in [6.07, 6.45) is 3.82. The van der Waals surface area contributed by atoms with Crippen molar-refractivity contribution in [3.63, 3.8) is 0 Å². The molecule has 0 saturated carbocycles. The molecule has 1 atom stereocenters. The molecule has 5 nitrogen and oxygen atoms in total. The smallest absolute Gasteiger partial charge is 0.270 e. The highest BCUT2D eigenvalue weighted by molar-refractivity contribution is 7.83. The number of nitrogens with zero attached hydrogens (tertiary/aromatic N) is 1. The number of nitrogens with one attached hydrogen (secondary N) is 2. The lowest BCUT2D eigenvalue weighted by molar-refractivity contribution is -0.128. The normalized spacial score (nSPS) is 17.2. The molecule has 1 aliphatic rings. The predicted molar refractivity (Wildman–Crippen MR) is 92.0 cm³/mol. The fourth-order valence-corrected chi connectivity index (χ4v) is 3.83. The molecule has 3 rings (SSSR count). The van der Waals surface area contributed by atoms with Gasteiger partial charge in [-0.25, -0.2) is 4.21 Å². The number of H-pyrrole nitrogens is 1. The highest BCUT2D eigenvalue weighted by Gasteiger charge is 2.23. The van der Waals surface area contributed by atoms with E-state index in [4.69, 9.17) is 0 Å². The van der Waals surface area contributed by atoms with Crippen LogP contribution >= 0.6 is 0 Å². The standard InChI is InChI=1S/C17H21N3O2S/c1-12-7-10-20(11-8-12)17(21)13(2)19-23(22)16-5-3-4-15-14(16)6-9-18-15/h3-6,9,12,18-19H,2,7-8,10-11H2,1H3. The van der Waals surface area contributed by atoms with Gasteiger partial charge in [0, 0.05) is 30.2 Å². The molecule has 122 valence electrons. The topological polar surface area (TPSA) is 65.2 Å². The van der Waals surface area contributed by atoms with Crippen LogP contribution in [0.3, 0.4) is 0 Å². The van der Waals surface area contributed by atoms with Crippen molar-refractivity contribution in [3.8, 4) is 0 Å². The minimum Gasteiger partial charge on any atom is -0.361 e. The van der Waals surface area contributed by atoms with Crippen LogP contribution in [0, 0.1) is 5.92 Å². The van der Waals surface area contributed by atoms with E-state index in [2.05, 4.69) is 23.2 Å². The van der Waals surface area contributed by atoms with Crippen LogP contribution < -0.4 is 4.72 Å². The van der Waals surface area contributed by atoms with E-state index in [1.165, 1.54) is 0 Å². The van der Waals surface area contributed by atoms with Crippen molar-refractivity contribution in [1.29, 1.82) is 0 Å². The minimum absolute atomic E-state index is 0.161. The van der Waals surface area contributed by atoms with Gasteiger partial charge in [-0.05, 0) is 37.0 Å². The first kappa shape index (κ1) is 15.8. The van der Waals surface area contributed by atoms with Crippen LogP contribution in [0.4, 0.5) is 0 Å². The molecule has 1 aliphatic heterocycles. The molecule has 1 unspecified atom stereocenters. The Morgan fingerprint density at radius 2 is 2.09 bits per heavy atom. The van der Waals surface area contributed by atoms with Crippen molar-refractivity contribution >= 4 is 27.8 Å². The average molecular weight is 331 g/mol. The molecule has 1 aromatic carbocycles. The van der Waals surface area contributed by atoms with Gasteiger partial charge in [-0.15, -0.1) is 0 Å². The Balaban J connectivity index is 1.69. The minimum atomic E-state index is -1.52. The molecule has 0 bridgehead atoms. The highest BCUT2D eigenvalue weighted by atomic mass is 32.2. The second-order valence-electron chi connectivity index (χ2n) is 6.02. The first-order valence-corrected chi connectivity index (χ1v) is 8.94. The Morgan fingerprint density at radius 1 is 1.35 bits per heavy atom. The summed E-state index contributed by atoms with van der Waals surface area (Å²) in [5.41, 5.74) is 1.10. The molecule has 2 heterocycles. The van der Waals surface area contributed by atoms with E-state index >= 15 is 0 Å². The molecule has 0 radical (unpaired) electrons. The Bertz CT molecular complexity index is 760. The largest absolute Gasteiger partial charge is 0.361 e. The number of hydrogen-bond donors (Lipinski definition) is 2. The SMILES string of the molecule is C=C(NS(=O)c1cccc2[nH]ccc12)C(=O)N1CCC(C)CC1. The lowest BCUT2D eigenvalue weighted by Gasteiger charge is -2.30. The zero-order valence-corrected chi connectivity index (χ0v) is 14.0. The molecule has 1 saturated heterocycles. The van der Waals surface area contributed by atoms with Crippen molar-refractivity contribution < 1.29 is 9.00 Å². The first-order chi connectivity index (χ1) is 11.1. The number of aromatic amines is 1. The van der Waals surface area contributed by atoms with Gasteiger partial charge in [-0.3, -0.25) is 9.52 Å². The summed E-state index contributed by atoms with van der Waals surface area (Å²) in [7, 11) is -1.52. The highest BCUT2D eigenvalue weighted by Crippen LogP contribution is 2.21. The molecule has 2 N–H and O–H groups in total. The van der Waals surface area contributed by atoms with Crippen LogP contribution in [-0.2, 0) is 15.8 Å². The zero-order chi connectivity index (χ0) is 16.4. The van der Waals surface area contributed by atoms with Crippen LogP contribution in [0.15, 0.2) is 47.6 Å². The summed E-state index contributed by atoms with van der Waals surface area (Å²) in [5.74, 6) is 0.493. The fraction of sp³-hybridized carbons (Fsp3) is 0.353. The fourth-order valence-electron chi connectivity index (χ4n) is 2.83. The van der Waals surface area contributed by atoms with Gasteiger partial charge in [0.15, 0.2) is 11.0 Å². The number of rotatable bonds is 4. The Labute approximate surface area is 138 Å². The van der Waals surface area contributed by atoms with Crippen molar-refractivity contribution in [3.05, 3.63) is 42.7 Å². The number of hydrogen-bond acceptors (Lipinski definition) is 2. The third-order valence-electron chi connectivity index (χ3n) is 4.30. The lowest BCUT2D eigenvalue weighted by Crippen LogP contribution is -2.41. The average Bonchev–Trinajstić information content (AvgIpc) is 3.03. The number of fused-ring (bicyclic) bond motifs is 1. The monoisotopic (exact) mass is 331 g/mol. The number of benzene rings is 1. The van der Waals surface area contributed by atoms with E-state index in [0.29, 0.717) is 10.8 Å². The number of carbonyl (C=O) groups excluding carboxylic acids is 1. The number of amides is 1. The number of likely N-dealkylation sites (tertiary alicyclic amines) is 1. The van der Waals surface area contributed by atoms with Gasteiger partial charge in [-0.2, -0.15) is 0 Å². The van der Waals surface area contributed by atoms with E-state index < -0.39 is 11.0 Å². The summed E-state index contributed by atoms with van der Waals surface area (Å²) in [5, 5.41) is 0.880. The molecule has 2 aromatic rings. The van der Waals surface area contributed by atoms with Crippen LogP contribution in [-0.4, -0.2) is 33.1 Å². The number of piperidine rings is 1. The van der Waals surface area contributed by atoms with Gasteiger partial charge in [0.1, 0.15) is 5.70 Å². The van der Waals surface area contributed by atoms with Gasteiger partial charge >= 0.3 is 0 Å². The second kappa shape index (κ2) is 6.58. The Hall–Kier alpha value is -2.08. The molecule has 1 fully saturated rings. The molecule has 23 heavy (non-hydrogen) atoms. The zero-order valence-electron chi connectivity index (χ0n) is 13.2. The van der Waals surface area contributed by atoms with Crippen molar-refractivity contribution in [1.82, 2.24) is 14.6 Å². The summed E-state index contributed by atoms with van der Waals surface area (Å²) < 4.78 is 15.3. The summed E-state index contributed by atoms with van der Waals surface area (Å²) in [4.78, 5) is 17.9. The summed E-state index contributed by atoms with van der Waals surface area (Å²) in [6.45, 7) is 7.45. The van der Waals surface area contributed by atoms with Crippen LogP contribution in [0.25, 0.3) is 10.9 Å². The first-order valence-electron chi connectivity index (χ1n) is 7.79. The molecular formula is C17H21N3O2S. The van der Waals surface area contributed by atoms with Crippen LogP contribution in [0.5, 0.6) is 0 Å².